The molecule has 2 rings (SSSR count). The number of halogens is 1. The number of benzene rings is 2. The Hall–Kier alpha value is -1.81. The van der Waals surface area contributed by atoms with Gasteiger partial charge in [-0.2, -0.15) is 0 Å². The van der Waals surface area contributed by atoms with Crippen LogP contribution in [0.15, 0.2) is 46.9 Å². The van der Waals surface area contributed by atoms with Gasteiger partial charge in [-0.05, 0) is 48.9 Å². The van der Waals surface area contributed by atoms with E-state index in [-0.39, 0.29) is 5.91 Å². The molecule has 0 saturated carbocycles. The number of nitrogens with one attached hydrogen (secondary N) is 1. The van der Waals surface area contributed by atoms with Crippen LogP contribution in [0, 0.1) is 6.92 Å². The zero-order valence-corrected chi connectivity index (χ0v) is 11.5. The molecule has 0 bridgehead atoms. The molecule has 1 amide bonds. The van der Waals surface area contributed by atoms with Gasteiger partial charge < -0.3 is 11.1 Å². The quantitative estimate of drug-likeness (QED) is 0.833. The molecular weight excluding hydrogens is 292 g/mol. The molecule has 2 aromatic rings. The molecule has 0 aliphatic carbocycles. The summed E-state index contributed by atoms with van der Waals surface area (Å²) in [5.74, 6) is -0.160. The largest absolute Gasteiger partial charge is 0.399 e. The van der Waals surface area contributed by atoms with Crippen molar-refractivity contribution in [2.75, 3.05) is 11.1 Å². The van der Waals surface area contributed by atoms with Crippen molar-refractivity contribution in [1.29, 1.82) is 0 Å². The van der Waals surface area contributed by atoms with Gasteiger partial charge in [-0.15, -0.1) is 0 Å². The van der Waals surface area contributed by atoms with Crippen molar-refractivity contribution in [3.8, 4) is 0 Å². The number of hydrogen-bond acceptors (Lipinski definition) is 2. The molecule has 92 valence electrons. The fourth-order valence-electron chi connectivity index (χ4n) is 1.64. The highest BCUT2D eigenvalue weighted by Crippen LogP contribution is 2.20. The molecule has 0 saturated heterocycles. The zero-order chi connectivity index (χ0) is 13.1. The Morgan fingerprint density at radius 1 is 1.22 bits per heavy atom. The molecule has 0 atom stereocenters. The molecule has 4 heteroatoms. The second kappa shape index (κ2) is 5.23. The standard InChI is InChI=1S/C14H13BrN2O/c1-9-7-11(15)5-6-13(9)17-14(18)10-3-2-4-12(16)8-10/h2-8H,16H2,1H3,(H,17,18). The van der Waals surface area contributed by atoms with E-state index in [1.165, 1.54) is 0 Å². The average molecular weight is 305 g/mol. The smallest absolute Gasteiger partial charge is 0.255 e. The summed E-state index contributed by atoms with van der Waals surface area (Å²) >= 11 is 3.39. The number of carbonyl (C=O) groups is 1. The van der Waals surface area contributed by atoms with Gasteiger partial charge in [0.2, 0.25) is 0 Å². The van der Waals surface area contributed by atoms with E-state index < -0.39 is 0 Å². The highest BCUT2D eigenvalue weighted by Gasteiger charge is 2.07. The van der Waals surface area contributed by atoms with E-state index in [9.17, 15) is 4.79 Å². The molecule has 0 aliphatic heterocycles. The van der Waals surface area contributed by atoms with Gasteiger partial charge in [-0.3, -0.25) is 4.79 Å². The van der Waals surface area contributed by atoms with Crippen molar-refractivity contribution in [2.45, 2.75) is 6.92 Å². The van der Waals surface area contributed by atoms with Crippen LogP contribution in [0.2, 0.25) is 0 Å². The molecule has 3 N–H and O–H groups in total. The SMILES string of the molecule is Cc1cc(Br)ccc1NC(=O)c1cccc(N)c1. The summed E-state index contributed by atoms with van der Waals surface area (Å²) in [5.41, 5.74) is 8.58. The summed E-state index contributed by atoms with van der Waals surface area (Å²) in [6.45, 7) is 1.94. The summed E-state index contributed by atoms with van der Waals surface area (Å²) in [4.78, 5) is 12.0. The van der Waals surface area contributed by atoms with Crippen molar-refractivity contribution in [2.24, 2.45) is 0 Å². The van der Waals surface area contributed by atoms with Crippen LogP contribution in [-0.4, -0.2) is 5.91 Å². The maximum absolute atomic E-state index is 12.0. The molecule has 0 aromatic heterocycles. The van der Waals surface area contributed by atoms with Crippen LogP contribution in [-0.2, 0) is 0 Å². The van der Waals surface area contributed by atoms with Crippen LogP contribution in [0.3, 0.4) is 0 Å². The van der Waals surface area contributed by atoms with Gasteiger partial charge in [-0.1, -0.05) is 22.0 Å². The summed E-state index contributed by atoms with van der Waals surface area (Å²) < 4.78 is 0.988. The first kappa shape index (κ1) is 12.6. The Morgan fingerprint density at radius 2 is 2.00 bits per heavy atom. The Balaban J connectivity index is 2.21. The number of hydrogen-bond donors (Lipinski definition) is 2. The lowest BCUT2D eigenvalue weighted by Crippen LogP contribution is -2.12. The molecule has 0 radical (unpaired) electrons. The topological polar surface area (TPSA) is 55.1 Å². The van der Waals surface area contributed by atoms with Crippen molar-refractivity contribution in [3.05, 3.63) is 58.1 Å². The molecule has 0 aliphatic rings. The second-order valence-electron chi connectivity index (χ2n) is 4.04. The van der Waals surface area contributed by atoms with E-state index in [1.807, 2.05) is 25.1 Å². The normalized spacial score (nSPS) is 10.1. The van der Waals surface area contributed by atoms with Gasteiger partial charge in [0, 0.05) is 21.4 Å². The monoisotopic (exact) mass is 304 g/mol. The Bertz CT molecular complexity index is 596. The van der Waals surface area contributed by atoms with E-state index in [1.54, 1.807) is 24.3 Å². The highest BCUT2D eigenvalue weighted by atomic mass is 79.9. The minimum atomic E-state index is -0.160. The number of nitrogen functional groups attached to an aromatic ring is 1. The Morgan fingerprint density at radius 3 is 2.67 bits per heavy atom. The fraction of sp³-hybridized carbons (Fsp3) is 0.0714. The van der Waals surface area contributed by atoms with E-state index in [0.717, 1.165) is 15.7 Å². The van der Waals surface area contributed by atoms with Gasteiger partial charge in [0.1, 0.15) is 0 Å². The first-order valence-corrected chi connectivity index (χ1v) is 6.28. The minimum absolute atomic E-state index is 0.160. The number of rotatable bonds is 2. The molecule has 0 heterocycles. The number of anilines is 2. The maximum Gasteiger partial charge on any atom is 0.255 e. The number of nitrogens with two attached hydrogens (primary N) is 1. The minimum Gasteiger partial charge on any atom is -0.399 e. The first-order chi connectivity index (χ1) is 8.56. The van der Waals surface area contributed by atoms with E-state index in [4.69, 9.17) is 5.73 Å². The van der Waals surface area contributed by atoms with Crippen LogP contribution in [0.4, 0.5) is 11.4 Å². The van der Waals surface area contributed by atoms with Gasteiger partial charge in [0.25, 0.3) is 5.91 Å². The number of amides is 1. The lowest BCUT2D eigenvalue weighted by molar-refractivity contribution is 0.102. The number of aryl methyl sites for hydroxylation is 1. The van der Waals surface area contributed by atoms with Crippen molar-refractivity contribution < 1.29 is 4.79 Å². The lowest BCUT2D eigenvalue weighted by atomic mass is 10.1. The van der Waals surface area contributed by atoms with Gasteiger partial charge >= 0.3 is 0 Å². The summed E-state index contributed by atoms with van der Waals surface area (Å²) in [6, 6.07) is 12.6. The molecule has 2 aromatic carbocycles. The fourth-order valence-corrected chi connectivity index (χ4v) is 2.12. The van der Waals surface area contributed by atoms with E-state index in [2.05, 4.69) is 21.2 Å². The van der Waals surface area contributed by atoms with Crippen LogP contribution >= 0.6 is 15.9 Å². The van der Waals surface area contributed by atoms with Crippen LogP contribution in [0.25, 0.3) is 0 Å². The second-order valence-corrected chi connectivity index (χ2v) is 4.95. The van der Waals surface area contributed by atoms with Crippen LogP contribution in [0.5, 0.6) is 0 Å². The molecule has 3 nitrogen and oxygen atoms in total. The summed E-state index contributed by atoms with van der Waals surface area (Å²) in [6.07, 6.45) is 0. The van der Waals surface area contributed by atoms with Gasteiger partial charge in [-0.25, -0.2) is 0 Å². The Kier molecular flexibility index (Phi) is 3.67. The van der Waals surface area contributed by atoms with Crippen molar-refractivity contribution >= 4 is 33.2 Å². The molecule has 18 heavy (non-hydrogen) atoms. The average Bonchev–Trinajstić information content (AvgIpc) is 2.32. The van der Waals surface area contributed by atoms with Crippen molar-refractivity contribution in [3.63, 3.8) is 0 Å². The van der Waals surface area contributed by atoms with Gasteiger partial charge in [0.05, 0.1) is 0 Å². The Labute approximate surface area is 114 Å². The molecule has 0 spiro atoms. The maximum atomic E-state index is 12.0. The first-order valence-electron chi connectivity index (χ1n) is 5.49. The third kappa shape index (κ3) is 2.90. The summed E-state index contributed by atoms with van der Waals surface area (Å²) in [5, 5.41) is 2.87. The molecule has 0 unspecified atom stereocenters. The molecule has 0 fully saturated rings. The number of carbonyl (C=O) groups excluding carboxylic acids is 1. The van der Waals surface area contributed by atoms with Gasteiger partial charge in [0.15, 0.2) is 0 Å². The summed E-state index contributed by atoms with van der Waals surface area (Å²) in [7, 11) is 0. The molecular formula is C14H13BrN2O. The van der Waals surface area contributed by atoms with E-state index in [0.29, 0.717) is 11.3 Å². The predicted octanol–water partition coefficient (Wildman–Crippen LogP) is 3.59. The lowest BCUT2D eigenvalue weighted by Gasteiger charge is -2.09. The van der Waals surface area contributed by atoms with Crippen molar-refractivity contribution in [1.82, 2.24) is 0 Å². The predicted molar refractivity (Wildman–Crippen MR) is 77.7 cm³/mol. The third-order valence-electron chi connectivity index (χ3n) is 2.59. The van der Waals surface area contributed by atoms with E-state index >= 15 is 0 Å². The highest BCUT2D eigenvalue weighted by molar-refractivity contribution is 9.10. The third-order valence-corrected chi connectivity index (χ3v) is 3.08. The van der Waals surface area contributed by atoms with Crippen LogP contribution in [0.1, 0.15) is 15.9 Å². The van der Waals surface area contributed by atoms with Crippen LogP contribution < -0.4 is 11.1 Å². The zero-order valence-electron chi connectivity index (χ0n) is 9.91.